The smallest absolute Gasteiger partial charge is 0.147 e. The average Bonchev–Trinajstić information content (AvgIpc) is 2.27. The lowest BCUT2D eigenvalue weighted by Gasteiger charge is -2.09. The third-order valence-corrected chi connectivity index (χ3v) is 3.03. The molecule has 0 aliphatic carbocycles. The molecule has 16 heavy (non-hydrogen) atoms. The van der Waals surface area contributed by atoms with Crippen LogP contribution in [0.3, 0.4) is 0 Å². The highest BCUT2D eigenvalue weighted by Crippen LogP contribution is 2.27. The normalized spacial score (nSPS) is 10.1. The van der Waals surface area contributed by atoms with Gasteiger partial charge in [-0.05, 0) is 40.8 Å². The number of nitrogens with one attached hydrogen (secondary N) is 1. The number of rotatable bonds is 2. The topological polar surface area (TPSA) is 63.8 Å². The molecular formula is C10H8ClIN4. The van der Waals surface area contributed by atoms with Crippen molar-refractivity contribution in [3.05, 3.63) is 39.3 Å². The lowest BCUT2D eigenvalue weighted by Crippen LogP contribution is -1.98. The van der Waals surface area contributed by atoms with E-state index in [0.29, 0.717) is 16.5 Å². The van der Waals surface area contributed by atoms with Gasteiger partial charge in [-0.3, -0.25) is 0 Å². The Labute approximate surface area is 111 Å². The van der Waals surface area contributed by atoms with E-state index in [1.807, 2.05) is 0 Å². The first-order valence-electron chi connectivity index (χ1n) is 4.44. The molecule has 2 rings (SSSR count). The molecule has 2 aromatic rings. The summed E-state index contributed by atoms with van der Waals surface area (Å²) in [6, 6.07) is 5.26. The van der Waals surface area contributed by atoms with E-state index in [2.05, 4.69) is 37.9 Å². The molecule has 0 unspecified atom stereocenters. The SMILES string of the molecule is Nc1ccc(Cl)c(Nc2ncncc2I)c1. The summed E-state index contributed by atoms with van der Waals surface area (Å²) in [5, 5.41) is 3.71. The molecule has 0 radical (unpaired) electrons. The molecule has 82 valence electrons. The Kier molecular flexibility index (Phi) is 3.45. The number of aromatic nitrogens is 2. The van der Waals surface area contributed by atoms with E-state index in [1.165, 1.54) is 6.33 Å². The highest BCUT2D eigenvalue weighted by molar-refractivity contribution is 14.1. The maximum Gasteiger partial charge on any atom is 0.147 e. The Bertz CT molecular complexity index is 518. The number of benzene rings is 1. The summed E-state index contributed by atoms with van der Waals surface area (Å²) in [5.41, 5.74) is 7.07. The number of hydrogen-bond acceptors (Lipinski definition) is 4. The van der Waals surface area contributed by atoms with E-state index in [4.69, 9.17) is 17.3 Å². The van der Waals surface area contributed by atoms with Crippen molar-refractivity contribution < 1.29 is 0 Å². The van der Waals surface area contributed by atoms with Crippen LogP contribution in [0.25, 0.3) is 0 Å². The summed E-state index contributed by atoms with van der Waals surface area (Å²) in [6.45, 7) is 0. The summed E-state index contributed by atoms with van der Waals surface area (Å²) in [7, 11) is 0. The van der Waals surface area contributed by atoms with E-state index in [9.17, 15) is 0 Å². The van der Waals surface area contributed by atoms with E-state index in [-0.39, 0.29) is 0 Å². The average molecular weight is 347 g/mol. The fourth-order valence-corrected chi connectivity index (χ4v) is 1.77. The van der Waals surface area contributed by atoms with E-state index >= 15 is 0 Å². The standard InChI is InChI=1S/C10H8ClIN4/c11-7-2-1-6(13)3-9(7)16-10-8(12)4-14-5-15-10/h1-5H,13H2,(H,14,15,16). The zero-order valence-corrected chi connectivity index (χ0v) is 11.0. The van der Waals surface area contributed by atoms with Crippen LogP contribution in [0, 0.1) is 3.57 Å². The summed E-state index contributed by atoms with van der Waals surface area (Å²) in [6.07, 6.45) is 3.20. The van der Waals surface area contributed by atoms with Gasteiger partial charge in [0.25, 0.3) is 0 Å². The first-order valence-corrected chi connectivity index (χ1v) is 5.90. The Morgan fingerprint density at radius 1 is 1.38 bits per heavy atom. The van der Waals surface area contributed by atoms with Gasteiger partial charge in [0.15, 0.2) is 0 Å². The van der Waals surface area contributed by atoms with Gasteiger partial charge < -0.3 is 11.1 Å². The van der Waals surface area contributed by atoms with Gasteiger partial charge >= 0.3 is 0 Å². The number of hydrogen-bond donors (Lipinski definition) is 2. The zero-order valence-electron chi connectivity index (χ0n) is 8.11. The molecule has 1 aromatic heterocycles. The molecule has 3 N–H and O–H groups in total. The van der Waals surface area contributed by atoms with Crippen molar-refractivity contribution in [2.45, 2.75) is 0 Å². The van der Waals surface area contributed by atoms with E-state index in [1.54, 1.807) is 24.4 Å². The van der Waals surface area contributed by atoms with Gasteiger partial charge in [-0.25, -0.2) is 9.97 Å². The Morgan fingerprint density at radius 2 is 2.19 bits per heavy atom. The molecule has 0 saturated heterocycles. The van der Waals surface area contributed by atoms with Crippen molar-refractivity contribution in [2.24, 2.45) is 0 Å². The lowest BCUT2D eigenvalue weighted by molar-refractivity contribution is 1.15. The van der Waals surface area contributed by atoms with E-state index < -0.39 is 0 Å². The minimum absolute atomic E-state index is 0.601. The molecule has 0 bridgehead atoms. The van der Waals surface area contributed by atoms with Crippen LogP contribution >= 0.6 is 34.2 Å². The predicted octanol–water partition coefficient (Wildman–Crippen LogP) is 3.06. The van der Waals surface area contributed by atoms with E-state index in [0.717, 1.165) is 9.26 Å². The van der Waals surface area contributed by atoms with Crippen molar-refractivity contribution in [2.75, 3.05) is 11.1 Å². The fourth-order valence-electron chi connectivity index (χ4n) is 1.17. The van der Waals surface area contributed by atoms with Gasteiger partial charge in [0, 0.05) is 11.9 Å². The van der Waals surface area contributed by atoms with Crippen LogP contribution in [0.1, 0.15) is 0 Å². The van der Waals surface area contributed by atoms with Gasteiger partial charge in [-0.1, -0.05) is 11.6 Å². The van der Waals surface area contributed by atoms with Gasteiger partial charge in [-0.2, -0.15) is 0 Å². The first-order chi connectivity index (χ1) is 7.66. The van der Waals surface area contributed by atoms with Crippen LogP contribution in [-0.4, -0.2) is 9.97 Å². The third kappa shape index (κ3) is 2.53. The number of nitrogens with zero attached hydrogens (tertiary/aromatic N) is 2. The number of halogens is 2. The molecule has 0 aliphatic rings. The van der Waals surface area contributed by atoms with Gasteiger partial charge in [0.1, 0.15) is 12.1 Å². The molecule has 0 saturated carbocycles. The minimum atomic E-state index is 0.601. The predicted molar refractivity (Wildman–Crippen MR) is 73.9 cm³/mol. The Morgan fingerprint density at radius 3 is 2.94 bits per heavy atom. The van der Waals surface area contributed by atoms with Crippen molar-refractivity contribution in [3.8, 4) is 0 Å². The molecule has 0 fully saturated rings. The highest BCUT2D eigenvalue weighted by Gasteiger charge is 2.05. The van der Waals surface area contributed by atoms with Crippen molar-refractivity contribution >= 4 is 51.4 Å². The molecule has 6 heteroatoms. The molecule has 0 atom stereocenters. The zero-order chi connectivity index (χ0) is 11.5. The number of anilines is 3. The van der Waals surface area contributed by atoms with Crippen LogP contribution in [-0.2, 0) is 0 Å². The van der Waals surface area contributed by atoms with Crippen LogP contribution in [0.5, 0.6) is 0 Å². The van der Waals surface area contributed by atoms with Crippen LogP contribution < -0.4 is 11.1 Å². The number of nitrogens with two attached hydrogens (primary N) is 1. The highest BCUT2D eigenvalue weighted by atomic mass is 127. The summed E-state index contributed by atoms with van der Waals surface area (Å²) >= 11 is 8.18. The quantitative estimate of drug-likeness (QED) is 0.648. The van der Waals surface area contributed by atoms with Crippen molar-refractivity contribution in [1.29, 1.82) is 0 Å². The second kappa shape index (κ2) is 4.84. The molecule has 0 aliphatic heterocycles. The second-order valence-corrected chi connectivity index (χ2v) is 4.65. The Hall–Kier alpha value is -1.08. The third-order valence-electron chi connectivity index (χ3n) is 1.91. The van der Waals surface area contributed by atoms with Gasteiger partial charge in [-0.15, -0.1) is 0 Å². The largest absolute Gasteiger partial charge is 0.399 e. The Balaban J connectivity index is 2.34. The van der Waals surface area contributed by atoms with Crippen LogP contribution in [0.2, 0.25) is 5.02 Å². The maximum atomic E-state index is 6.03. The van der Waals surface area contributed by atoms with Crippen LogP contribution in [0.4, 0.5) is 17.2 Å². The van der Waals surface area contributed by atoms with Crippen molar-refractivity contribution in [3.63, 3.8) is 0 Å². The lowest BCUT2D eigenvalue weighted by atomic mass is 10.3. The minimum Gasteiger partial charge on any atom is -0.399 e. The van der Waals surface area contributed by atoms with Gasteiger partial charge in [0.05, 0.1) is 14.3 Å². The second-order valence-electron chi connectivity index (χ2n) is 3.08. The number of nitrogen functional groups attached to an aromatic ring is 1. The molecular weight excluding hydrogens is 338 g/mol. The summed E-state index contributed by atoms with van der Waals surface area (Å²) in [5.74, 6) is 0.711. The van der Waals surface area contributed by atoms with Gasteiger partial charge in [0.2, 0.25) is 0 Å². The van der Waals surface area contributed by atoms with Crippen LogP contribution in [0.15, 0.2) is 30.7 Å². The first kappa shape index (κ1) is 11.4. The molecule has 4 nitrogen and oxygen atoms in total. The molecule has 1 heterocycles. The monoisotopic (exact) mass is 346 g/mol. The molecule has 0 spiro atoms. The fraction of sp³-hybridized carbons (Fsp3) is 0. The van der Waals surface area contributed by atoms with Crippen molar-refractivity contribution in [1.82, 2.24) is 9.97 Å². The maximum absolute atomic E-state index is 6.03. The molecule has 1 aromatic carbocycles. The summed E-state index contributed by atoms with van der Waals surface area (Å²) < 4.78 is 0.915. The molecule has 0 amide bonds. The summed E-state index contributed by atoms with van der Waals surface area (Å²) in [4.78, 5) is 8.03.